The fourth-order valence-corrected chi connectivity index (χ4v) is 3.08. The van der Waals surface area contributed by atoms with E-state index in [1.807, 2.05) is 42.6 Å². The second-order valence-corrected chi connectivity index (χ2v) is 6.34. The van der Waals surface area contributed by atoms with Crippen molar-refractivity contribution < 1.29 is 9.53 Å². The van der Waals surface area contributed by atoms with Gasteiger partial charge in [0.25, 0.3) is 0 Å². The molecule has 2 aromatic heterocycles. The molecule has 1 fully saturated rings. The molecule has 0 bridgehead atoms. The van der Waals surface area contributed by atoms with Gasteiger partial charge in [-0.25, -0.2) is 9.79 Å². The number of aliphatic imine (C=N–C) groups is 1. The summed E-state index contributed by atoms with van der Waals surface area (Å²) in [7, 11) is 0. The Morgan fingerprint density at radius 3 is 2.79 bits per heavy atom. The molecule has 9 nitrogen and oxygen atoms in total. The summed E-state index contributed by atoms with van der Waals surface area (Å²) in [5, 5.41) is 15.1. The lowest BCUT2D eigenvalue weighted by Gasteiger charge is -2.32. The monoisotopic (exact) mass is 501 g/mol. The number of piperidine rings is 1. The highest BCUT2D eigenvalue weighted by atomic mass is 127. The number of pyridine rings is 1. The maximum atomic E-state index is 11.8. The number of rotatable bonds is 5. The Kier molecular flexibility index (Phi) is 8.74. The van der Waals surface area contributed by atoms with E-state index in [1.165, 1.54) is 0 Å². The first kappa shape index (κ1) is 22.2. The fourth-order valence-electron chi connectivity index (χ4n) is 3.08. The Labute approximate surface area is 182 Å². The van der Waals surface area contributed by atoms with Gasteiger partial charge in [-0.2, -0.15) is 0 Å². The molecule has 3 heterocycles. The van der Waals surface area contributed by atoms with Gasteiger partial charge in [-0.05, 0) is 38.8 Å². The summed E-state index contributed by atoms with van der Waals surface area (Å²) in [4.78, 5) is 18.2. The molecule has 0 aromatic carbocycles. The maximum absolute atomic E-state index is 11.8. The third-order valence-corrected chi connectivity index (χ3v) is 4.47. The number of guanidine groups is 1. The number of carbonyl (C=O) groups excluding carboxylic acids is 1. The highest BCUT2D eigenvalue weighted by Gasteiger charge is 2.24. The van der Waals surface area contributed by atoms with Crippen molar-refractivity contribution in [1.29, 1.82) is 0 Å². The van der Waals surface area contributed by atoms with E-state index in [2.05, 4.69) is 25.8 Å². The lowest BCUT2D eigenvalue weighted by Crippen LogP contribution is -2.49. The fraction of sp³-hybridized carbons (Fsp3) is 0.556. The molecule has 2 N–H and O–H groups in total. The van der Waals surface area contributed by atoms with Crippen LogP contribution in [-0.2, 0) is 11.3 Å². The zero-order valence-electron chi connectivity index (χ0n) is 16.3. The summed E-state index contributed by atoms with van der Waals surface area (Å²) in [6, 6.07) is 6.07. The van der Waals surface area contributed by atoms with Crippen LogP contribution < -0.4 is 10.6 Å². The van der Waals surface area contributed by atoms with Crippen molar-refractivity contribution in [3.63, 3.8) is 0 Å². The Morgan fingerprint density at radius 2 is 2.07 bits per heavy atom. The highest BCUT2D eigenvalue weighted by Crippen LogP contribution is 2.11. The van der Waals surface area contributed by atoms with Crippen molar-refractivity contribution in [2.45, 2.75) is 39.3 Å². The molecule has 0 unspecified atom stereocenters. The quantitative estimate of drug-likeness (QED) is 0.370. The predicted molar refractivity (Wildman–Crippen MR) is 118 cm³/mol. The molecule has 10 heteroatoms. The minimum Gasteiger partial charge on any atom is -0.450 e. The average molecular weight is 501 g/mol. The predicted octanol–water partition coefficient (Wildman–Crippen LogP) is 2.02. The summed E-state index contributed by atoms with van der Waals surface area (Å²) in [5.41, 5.74) is 0.812. The van der Waals surface area contributed by atoms with Crippen molar-refractivity contribution in [3.05, 3.63) is 30.2 Å². The van der Waals surface area contributed by atoms with Gasteiger partial charge < -0.3 is 20.3 Å². The smallest absolute Gasteiger partial charge is 0.409 e. The van der Waals surface area contributed by atoms with Crippen LogP contribution >= 0.6 is 24.0 Å². The van der Waals surface area contributed by atoms with Crippen LogP contribution in [0.5, 0.6) is 0 Å². The van der Waals surface area contributed by atoms with E-state index >= 15 is 0 Å². The van der Waals surface area contributed by atoms with E-state index in [4.69, 9.17) is 4.74 Å². The minimum atomic E-state index is -0.227. The van der Waals surface area contributed by atoms with Gasteiger partial charge in [0.1, 0.15) is 6.54 Å². The van der Waals surface area contributed by atoms with E-state index < -0.39 is 0 Å². The highest BCUT2D eigenvalue weighted by molar-refractivity contribution is 14.0. The molecule has 0 atom stereocenters. The van der Waals surface area contributed by atoms with Crippen LogP contribution in [-0.4, -0.2) is 63.8 Å². The van der Waals surface area contributed by atoms with Gasteiger partial charge in [0.2, 0.25) is 0 Å². The summed E-state index contributed by atoms with van der Waals surface area (Å²) in [5.74, 6) is 1.54. The van der Waals surface area contributed by atoms with Crippen LogP contribution in [0.1, 0.15) is 32.5 Å². The molecule has 1 aliphatic heterocycles. The molecule has 2 aromatic rings. The van der Waals surface area contributed by atoms with Crippen LogP contribution in [0.15, 0.2) is 29.4 Å². The lowest BCUT2D eigenvalue weighted by molar-refractivity contribution is 0.0963. The third kappa shape index (κ3) is 5.69. The molecule has 0 spiro atoms. The molecule has 28 heavy (non-hydrogen) atoms. The Morgan fingerprint density at radius 1 is 1.29 bits per heavy atom. The van der Waals surface area contributed by atoms with E-state index in [-0.39, 0.29) is 36.1 Å². The maximum Gasteiger partial charge on any atom is 0.409 e. The third-order valence-electron chi connectivity index (χ3n) is 4.47. The molecule has 0 aliphatic carbocycles. The molecule has 1 saturated heterocycles. The summed E-state index contributed by atoms with van der Waals surface area (Å²) >= 11 is 0. The number of nitrogens with zero attached hydrogens (tertiary/aromatic N) is 5. The molecule has 3 rings (SSSR count). The Balaban J connectivity index is 0.00000280. The number of hydrogen-bond donors (Lipinski definition) is 2. The zero-order valence-corrected chi connectivity index (χ0v) is 18.6. The summed E-state index contributed by atoms with van der Waals surface area (Å²) < 4.78 is 7.00. The molecule has 0 radical (unpaired) electrons. The number of aromatic nitrogens is 3. The first-order valence-electron chi connectivity index (χ1n) is 9.46. The largest absolute Gasteiger partial charge is 0.450 e. The van der Waals surface area contributed by atoms with E-state index in [9.17, 15) is 4.79 Å². The Bertz CT molecular complexity index is 787. The number of halogens is 1. The Hall–Kier alpha value is -2.11. The number of carbonyl (C=O) groups is 1. The topological polar surface area (TPSA) is 96.1 Å². The van der Waals surface area contributed by atoms with Crippen LogP contribution in [0.25, 0.3) is 5.65 Å². The van der Waals surface area contributed by atoms with Crippen molar-refractivity contribution >= 4 is 41.7 Å². The average Bonchev–Trinajstić information content (AvgIpc) is 3.10. The minimum absolute atomic E-state index is 0. The normalized spacial score (nSPS) is 15.2. The van der Waals surface area contributed by atoms with E-state index in [0.29, 0.717) is 26.2 Å². The van der Waals surface area contributed by atoms with Gasteiger partial charge in [-0.15, -0.1) is 34.2 Å². The van der Waals surface area contributed by atoms with Crippen molar-refractivity contribution in [1.82, 2.24) is 30.1 Å². The number of hydrogen-bond acceptors (Lipinski definition) is 5. The molecule has 1 aliphatic rings. The summed E-state index contributed by atoms with van der Waals surface area (Å²) in [6.07, 6.45) is 3.43. The summed E-state index contributed by atoms with van der Waals surface area (Å²) in [6.45, 7) is 6.84. The van der Waals surface area contributed by atoms with Crippen LogP contribution in [0.4, 0.5) is 4.79 Å². The van der Waals surface area contributed by atoms with Crippen molar-refractivity contribution in [3.8, 4) is 0 Å². The van der Waals surface area contributed by atoms with Crippen molar-refractivity contribution in [2.24, 2.45) is 4.99 Å². The molecule has 154 valence electrons. The standard InChI is InChI=1S/C18H27N7O2.HI/c1-3-19-17(20-13-16-23-22-15-7-5-6-10-25(15)16)21-14-8-11-24(12-9-14)18(26)27-4-2;/h5-7,10,14H,3-4,8-9,11-13H2,1-2H3,(H2,19,20,21);1H. The number of fused-ring (bicyclic) bond motifs is 1. The molecule has 0 saturated carbocycles. The van der Waals surface area contributed by atoms with Gasteiger partial charge >= 0.3 is 6.09 Å². The SMILES string of the molecule is CCNC(=NCc1nnc2ccccn12)NC1CCN(C(=O)OCC)CC1.I. The molecule has 1 amide bonds. The van der Waals surface area contributed by atoms with Crippen LogP contribution in [0.3, 0.4) is 0 Å². The zero-order chi connectivity index (χ0) is 19.1. The lowest BCUT2D eigenvalue weighted by atomic mass is 10.1. The first-order chi connectivity index (χ1) is 13.2. The van der Waals surface area contributed by atoms with Gasteiger partial charge in [-0.1, -0.05) is 6.07 Å². The second-order valence-electron chi connectivity index (χ2n) is 6.34. The van der Waals surface area contributed by atoms with Crippen molar-refractivity contribution in [2.75, 3.05) is 26.2 Å². The molecular weight excluding hydrogens is 473 g/mol. The van der Waals surface area contributed by atoms with E-state index in [0.717, 1.165) is 36.8 Å². The number of amides is 1. The first-order valence-corrected chi connectivity index (χ1v) is 9.46. The second kappa shape index (κ2) is 11.0. The number of nitrogens with one attached hydrogen (secondary N) is 2. The van der Waals surface area contributed by atoms with Crippen LogP contribution in [0.2, 0.25) is 0 Å². The number of likely N-dealkylation sites (tertiary alicyclic amines) is 1. The van der Waals surface area contributed by atoms with Crippen LogP contribution in [0, 0.1) is 0 Å². The van der Waals surface area contributed by atoms with Gasteiger partial charge in [0.05, 0.1) is 6.61 Å². The van der Waals surface area contributed by atoms with E-state index in [1.54, 1.807) is 4.90 Å². The number of ether oxygens (including phenoxy) is 1. The van der Waals surface area contributed by atoms with Gasteiger partial charge in [0.15, 0.2) is 17.4 Å². The van der Waals surface area contributed by atoms with Gasteiger partial charge in [-0.3, -0.25) is 4.40 Å². The van der Waals surface area contributed by atoms with Gasteiger partial charge in [0, 0.05) is 31.9 Å². The molecular formula is C18H28IN7O2.